The van der Waals surface area contributed by atoms with Crippen LogP contribution in [0.1, 0.15) is 30.5 Å². The molecule has 0 fully saturated rings. The zero-order chi connectivity index (χ0) is 16.3. The van der Waals surface area contributed by atoms with E-state index in [1.54, 1.807) is 0 Å². The predicted octanol–water partition coefficient (Wildman–Crippen LogP) is 2.61. The monoisotopic (exact) mass is 313 g/mol. The fraction of sp³-hybridized carbons (Fsp3) is 0.500. The third kappa shape index (κ3) is 3.38. The maximum Gasteiger partial charge on any atom is 0.296 e. The highest BCUT2D eigenvalue weighted by atomic mass is 19.3. The molecule has 0 radical (unpaired) electrons. The first-order valence-corrected chi connectivity index (χ1v) is 6.90. The van der Waals surface area contributed by atoms with Crippen molar-refractivity contribution in [2.45, 2.75) is 31.7 Å². The summed E-state index contributed by atoms with van der Waals surface area (Å²) in [5, 5.41) is 10.9. The molecule has 1 aliphatic heterocycles. The molecular formula is C14H17F2N3O3. The molecule has 8 heteroatoms. The van der Waals surface area contributed by atoms with Crippen molar-refractivity contribution in [3.63, 3.8) is 0 Å². The molecule has 1 unspecified atom stereocenters. The molecular weight excluding hydrogens is 296 g/mol. The Labute approximate surface area is 126 Å². The molecule has 2 rings (SSSR count). The molecule has 0 saturated carbocycles. The molecule has 1 heterocycles. The molecule has 0 aliphatic carbocycles. The first-order chi connectivity index (χ1) is 10.3. The predicted molar refractivity (Wildman–Crippen MR) is 77.2 cm³/mol. The van der Waals surface area contributed by atoms with Crippen LogP contribution >= 0.6 is 0 Å². The summed E-state index contributed by atoms with van der Waals surface area (Å²) >= 11 is 0. The maximum absolute atomic E-state index is 14.3. The number of rotatable bonds is 4. The van der Waals surface area contributed by atoms with Gasteiger partial charge in [-0.3, -0.25) is 15.1 Å². The minimum absolute atomic E-state index is 0.0453. The van der Waals surface area contributed by atoms with Gasteiger partial charge in [-0.1, -0.05) is 19.4 Å². The lowest BCUT2D eigenvalue weighted by atomic mass is 9.93. The lowest BCUT2D eigenvalue weighted by Gasteiger charge is -2.23. The average molecular weight is 313 g/mol. The van der Waals surface area contributed by atoms with Crippen molar-refractivity contribution in [3.05, 3.63) is 39.4 Å². The van der Waals surface area contributed by atoms with Gasteiger partial charge in [-0.2, -0.15) is 0 Å². The standard InChI is InChI=1S/C14H17F2N3O3/c1-2-3-9-4-5-10(19(20)21)6-11(9)13-14(15,16)8-22-7-12(17)18-13/h4-6,13H,2-3,7-8H2,1H3,(H2,17,18). The number of alkyl halides is 2. The topological polar surface area (TPSA) is 90.8 Å². The fourth-order valence-corrected chi connectivity index (χ4v) is 2.41. The number of non-ortho nitro benzene ring substituents is 1. The Morgan fingerprint density at radius 1 is 1.55 bits per heavy atom. The summed E-state index contributed by atoms with van der Waals surface area (Å²) in [6, 6.07) is 2.40. The van der Waals surface area contributed by atoms with Crippen LogP contribution in [-0.4, -0.2) is 29.9 Å². The zero-order valence-electron chi connectivity index (χ0n) is 12.1. The van der Waals surface area contributed by atoms with Crippen LogP contribution in [0.3, 0.4) is 0 Å². The van der Waals surface area contributed by atoms with Crippen molar-refractivity contribution in [3.8, 4) is 0 Å². The molecule has 2 N–H and O–H groups in total. The third-order valence-corrected chi connectivity index (χ3v) is 3.39. The highest BCUT2D eigenvalue weighted by Gasteiger charge is 2.44. The normalized spacial score (nSPS) is 21.0. The van der Waals surface area contributed by atoms with Gasteiger partial charge in [-0.25, -0.2) is 8.78 Å². The summed E-state index contributed by atoms with van der Waals surface area (Å²) in [7, 11) is 0. The van der Waals surface area contributed by atoms with Crippen molar-refractivity contribution >= 4 is 11.5 Å². The van der Waals surface area contributed by atoms with Crippen LogP contribution < -0.4 is 5.73 Å². The molecule has 0 saturated heterocycles. The SMILES string of the molecule is CCCc1ccc([N+](=O)[O-])cc1C1N=C(N)COCC1(F)F. The molecule has 1 aromatic rings. The zero-order valence-corrected chi connectivity index (χ0v) is 12.1. The van der Waals surface area contributed by atoms with Crippen LogP contribution in [0.2, 0.25) is 0 Å². The van der Waals surface area contributed by atoms with Gasteiger partial charge in [0.2, 0.25) is 0 Å². The second-order valence-corrected chi connectivity index (χ2v) is 5.17. The fourth-order valence-electron chi connectivity index (χ4n) is 2.41. The molecule has 1 atom stereocenters. The van der Waals surface area contributed by atoms with E-state index in [2.05, 4.69) is 4.99 Å². The van der Waals surface area contributed by atoms with E-state index in [0.717, 1.165) is 12.5 Å². The lowest BCUT2D eigenvalue weighted by molar-refractivity contribution is -0.385. The van der Waals surface area contributed by atoms with E-state index in [4.69, 9.17) is 10.5 Å². The van der Waals surface area contributed by atoms with Crippen LogP contribution in [0.4, 0.5) is 14.5 Å². The van der Waals surface area contributed by atoms with E-state index in [0.29, 0.717) is 12.0 Å². The summed E-state index contributed by atoms with van der Waals surface area (Å²) in [6.45, 7) is 0.900. The Morgan fingerprint density at radius 3 is 2.91 bits per heavy atom. The van der Waals surface area contributed by atoms with Crippen molar-refractivity contribution < 1.29 is 18.4 Å². The number of halogens is 2. The minimum atomic E-state index is -3.28. The maximum atomic E-state index is 14.3. The first kappa shape index (κ1) is 16.3. The van der Waals surface area contributed by atoms with E-state index in [-0.39, 0.29) is 23.7 Å². The Hall–Kier alpha value is -2.09. The Kier molecular flexibility index (Phi) is 4.70. The molecule has 1 aromatic carbocycles. The van der Waals surface area contributed by atoms with Crippen LogP contribution in [0.15, 0.2) is 23.2 Å². The highest BCUT2D eigenvalue weighted by molar-refractivity contribution is 5.82. The van der Waals surface area contributed by atoms with Crippen molar-refractivity contribution in [2.75, 3.05) is 13.2 Å². The van der Waals surface area contributed by atoms with Crippen molar-refractivity contribution in [1.82, 2.24) is 0 Å². The van der Waals surface area contributed by atoms with Crippen LogP contribution in [0.25, 0.3) is 0 Å². The van der Waals surface area contributed by atoms with E-state index in [1.165, 1.54) is 12.1 Å². The quantitative estimate of drug-likeness (QED) is 0.683. The van der Waals surface area contributed by atoms with Gasteiger partial charge in [-0.15, -0.1) is 0 Å². The van der Waals surface area contributed by atoms with Crippen LogP contribution in [0, 0.1) is 10.1 Å². The summed E-state index contributed by atoms with van der Waals surface area (Å²) in [5.74, 6) is -3.32. The van der Waals surface area contributed by atoms with E-state index < -0.39 is 23.5 Å². The van der Waals surface area contributed by atoms with Gasteiger partial charge in [0.15, 0.2) is 0 Å². The van der Waals surface area contributed by atoms with E-state index in [1.807, 2.05) is 6.92 Å². The van der Waals surface area contributed by atoms with Gasteiger partial charge in [0, 0.05) is 12.1 Å². The smallest absolute Gasteiger partial charge is 0.296 e. The van der Waals surface area contributed by atoms with Crippen LogP contribution in [-0.2, 0) is 11.2 Å². The van der Waals surface area contributed by atoms with Crippen molar-refractivity contribution in [1.29, 1.82) is 0 Å². The Morgan fingerprint density at radius 2 is 2.27 bits per heavy atom. The molecule has 22 heavy (non-hydrogen) atoms. The van der Waals surface area contributed by atoms with E-state index in [9.17, 15) is 18.9 Å². The first-order valence-electron chi connectivity index (χ1n) is 6.90. The number of hydrogen-bond donors (Lipinski definition) is 1. The number of aliphatic imine (C=N–C) groups is 1. The van der Waals surface area contributed by atoms with Gasteiger partial charge >= 0.3 is 0 Å². The number of nitro benzene ring substituents is 1. The molecule has 0 aromatic heterocycles. The van der Waals surface area contributed by atoms with Gasteiger partial charge in [0.25, 0.3) is 11.6 Å². The van der Waals surface area contributed by atoms with Gasteiger partial charge < -0.3 is 10.5 Å². The molecule has 120 valence electrons. The second-order valence-electron chi connectivity index (χ2n) is 5.17. The van der Waals surface area contributed by atoms with Gasteiger partial charge in [0.05, 0.1) is 4.92 Å². The van der Waals surface area contributed by atoms with Gasteiger partial charge in [-0.05, 0) is 17.5 Å². The van der Waals surface area contributed by atoms with Crippen molar-refractivity contribution in [2.24, 2.45) is 10.7 Å². The number of nitrogens with zero attached hydrogens (tertiary/aromatic N) is 2. The second kappa shape index (κ2) is 6.35. The summed E-state index contributed by atoms with van der Waals surface area (Å²) in [5.41, 5.74) is 6.06. The number of nitro groups is 1. The Bertz CT molecular complexity index is 605. The van der Waals surface area contributed by atoms with Crippen LogP contribution in [0.5, 0.6) is 0 Å². The molecule has 0 bridgehead atoms. The molecule has 6 nitrogen and oxygen atoms in total. The summed E-state index contributed by atoms with van der Waals surface area (Å²) in [6.07, 6.45) is 1.25. The summed E-state index contributed by atoms with van der Waals surface area (Å²) < 4.78 is 33.4. The third-order valence-electron chi connectivity index (χ3n) is 3.39. The molecule has 0 spiro atoms. The largest absolute Gasteiger partial charge is 0.386 e. The summed E-state index contributed by atoms with van der Waals surface area (Å²) in [4.78, 5) is 14.2. The van der Waals surface area contributed by atoms with E-state index >= 15 is 0 Å². The molecule has 1 aliphatic rings. The number of nitrogens with two attached hydrogens (primary N) is 1. The number of aryl methyl sites for hydroxylation is 1. The number of ether oxygens (including phenoxy) is 1. The Balaban J connectivity index is 2.57. The minimum Gasteiger partial charge on any atom is -0.386 e. The highest BCUT2D eigenvalue weighted by Crippen LogP contribution is 2.39. The number of hydrogen-bond acceptors (Lipinski definition) is 5. The lowest BCUT2D eigenvalue weighted by Crippen LogP contribution is -2.30. The van der Waals surface area contributed by atoms with Gasteiger partial charge in [0.1, 0.15) is 25.1 Å². The number of benzene rings is 1. The average Bonchev–Trinajstić information content (AvgIpc) is 2.57. The molecule has 0 amide bonds. The number of amidine groups is 1.